The van der Waals surface area contributed by atoms with E-state index >= 15 is 0 Å². The molecule has 0 unspecified atom stereocenters. The molecule has 1 fully saturated rings. The van der Waals surface area contributed by atoms with Gasteiger partial charge in [0.2, 0.25) is 0 Å². The van der Waals surface area contributed by atoms with Gasteiger partial charge in [-0.2, -0.15) is 13.2 Å². The molecule has 1 saturated carbocycles. The number of halogens is 3. The van der Waals surface area contributed by atoms with Gasteiger partial charge in [0.25, 0.3) is 0 Å². The predicted octanol–water partition coefficient (Wildman–Crippen LogP) is 4.67. The van der Waals surface area contributed by atoms with Gasteiger partial charge in [0.1, 0.15) is 11.6 Å². The van der Waals surface area contributed by atoms with Crippen LogP contribution in [0.15, 0.2) is 12.1 Å². The van der Waals surface area contributed by atoms with Gasteiger partial charge in [-0.05, 0) is 31.4 Å². The van der Waals surface area contributed by atoms with Crippen molar-refractivity contribution in [3.05, 3.63) is 17.7 Å². The van der Waals surface area contributed by atoms with Gasteiger partial charge in [0.05, 0.1) is 5.56 Å². The maximum Gasteiger partial charge on any atom is 0.416 e. The molecule has 0 saturated heterocycles. The summed E-state index contributed by atoms with van der Waals surface area (Å²) < 4.78 is 38.9. The number of rotatable bonds is 5. The molecule has 1 aliphatic carbocycles. The summed E-state index contributed by atoms with van der Waals surface area (Å²) in [4.78, 5) is 4.26. The van der Waals surface area contributed by atoms with Crippen molar-refractivity contribution < 1.29 is 13.2 Å². The number of nitrogens with one attached hydrogen (secondary N) is 2. The minimum atomic E-state index is -4.35. The van der Waals surface area contributed by atoms with Crippen LogP contribution in [0.3, 0.4) is 0 Å². The highest BCUT2D eigenvalue weighted by atomic mass is 19.4. The molecule has 0 spiro atoms. The van der Waals surface area contributed by atoms with E-state index in [0.717, 1.165) is 44.2 Å². The summed E-state index contributed by atoms with van der Waals surface area (Å²) in [6.07, 6.45) is 1.93. The molecular formula is C15H22F3N3. The Balaban J connectivity index is 2.17. The summed E-state index contributed by atoms with van der Waals surface area (Å²) in [5.41, 5.74) is -0.658. The number of hydrogen-bond acceptors (Lipinski definition) is 3. The normalized spacial score (nSPS) is 16.8. The van der Waals surface area contributed by atoms with E-state index < -0.39 is 11.7 Å². The van der Waals surface area contributed by atoms with Crippen LogP contribution in [0.25, 0.3) is 0 Å². The van der Waals surface area contributed by atoms with Crippen LogP contribution in [0.1, 0.15) is 51.0 Å². The fourth-order valence-electron chi connectivity index (χ4n) is 2.57. The second-order valence-corrected chi connectivity index (χ2v) is 5.53. The highest BCUT2D eigenvalue weighted by molar-refractivity contribution is 5.50. The van der Waals surface area contributed by atoms with Gasteiger partial charge in [0.15, 0.2) is 0 Å². The molecule has 2 rings (SSSR count). The molecule has 0 amide bonds. The first-order valence-electron chi connectivity index (χ1n) is 7.58. The third-order valence-electron chi connectivity index (χ3n) is 3.67. The third kappa shape index (κ3) is 4.79. The van der Waals surface area contributed by atoms with Crippen molar-refractivity contribution in [1.29, 1.82) is 0 Å². The molecule has 1 aliphatic rings. The standard InChI is InChI=1S/C15H22F3N3/c1-2-8-19-13-9-11(15(16,17)18)10-14(21-13)20-12-6-4-3-5-7-12/h9-10,12H,2-8H2,1H3,(H2,19,20,21). The van der Waals surface area contributed by atoms with E-state index in [1.54, 1.807) is 0 Å². The Morgan fingerprint density at radius 3 is 2.43 bits per heavy atom. The topological polar surface area (TPSA) is 37.0 Å². The lowest BCUT2D eigenvalue weighted by Gasteiger charge is -2.24. The van der Waals surface area contributed by atoms with Crippen molar-refractivity contribution >= 4 is 11.6 Å². The Kier molecular flexibility index (Phi) is 5.31. The first-order chi connectivity index (χ1) is 9.99. The average molecular weight is 301 g/mol. The van der Waals surface area contributed by atoms with Gasteiger partial charge < -0.3 is 10.6 Å². The quantitative estimate of drug-likeness (QED) is 0.830. The first kappa shape index (κ1) is 15.9. The Morgan fingerprint density at radius 2 is 1.81 bits per heavy atom. The number of alkyl halides is 3. The molecular weight excluding hydrogens is 279 g/mol. The lowest BCUT2D eigenvalue weighted by Crippen LogP contribution is -2.23. The van der Waals surface area contributed by atoms with Crippen molar-refractivity contribution in [2.75, 3.05) is 17.2 Å². The molecule has 1 aromatic rings. The molecule has 0 aromatic carbocycles. The van der Waals surface area contributed by atoms with E-state index in [2.05, 4.69) is 15.6 Å². The van der Waals surface area contributed by atoms with Crippen LogP contribution >= 0.6 is 0 Å². The third-order valence-corrected chi connectivity index (χ3v) is 3.67. The van der Waals surface area contributed by atoms with E-state index in [9.17, 15) is 13.2 Å². The number of hydrogen-bond donors (Lipinski definition) is 2. The van der Waals surface area contributed by atoms with Crippen molar-refractivity contribution in [2.45, 2.75) is 57.7 Å². The average Bonchev–Trinajstić information content (AvgIpc) is 2.45. The summed E-state index contributed by atoms with van der Waals surface area (Å²) in [6.45, 7) is 2.57. The van der Waals surface area contributed by atoms with Crippen LogP contribution in [0.5, 0.6) is 0 Å². The lowest BCUT2D eigenvalue weighted by atomic mass is 9.95. The Morgan fingerprint density at radius 1 is 1.14 bits per heavy atom. The molecule has 0 radical (unpaired) electrons. The molecule has 1 heterocycles. The smallest absolute Gasteiger partial charge is 0.370 e. The molecule has 2 N–H and O–H groups in total. The highest BCUT2D eigenvalue weighted by Crippen LogP contribution is 2.32. The van der Waals surface area contributed by atoms with Gasteiger partial charge in [-0.15, -0.1) is 0 Å². The van der Waals surface area contributed by atoms with Crippen LogP contribution in [0.4, 0.5) is 24.8 Å². The van der Waals surface area contributed by atoms with Gasteiger partial charge >= 0.3 is 6.18 Å². The second-order valence-electron chi connectivity index (χ2n) is 5.53. The molecule has 6 heteroatoms. The van der Waals surface area contributed by atoms with E-state index in [-0.39, 0.29) is 11.9 Å². The SMILES string of the molecule is CCCNc1cc(C(F)(F)F)cc(NC2CCCCC2)n1. The van der Waals surface area contributed by atoms with Gasteiger partial charge in [0, 0.05) is 12.6 Å². The lowest BCUT2D eigenvalue weighted by molar-refractivity contribution is -0.137. The van der Waals surface area contributed by atoms with Crippen molar-refractivity contribution in [2.24, 2.45) is 0 Å². The number of anilines is 2. The maximum absolute atomic E-state index is 13.0. The summed E-state index contributed by atoms with van der Waals surface area (Å²) in [6, 6.07) is 2.40. The summed E-state index contributed by atoms with van der Waals surface area (Å²) in [7, 11) is 0. The molecule has 0 aliphatic heterocycles. The fourth-order valence-corrected chi connectivity index (χ4v) is 2.57. The number of nitrogens with zero attached hydrogens (tertiary/aromatic N) is 1. The summed E-state index contributed by atoms with van der Waals surface area (Å²) in [5.74, 6) is 0.598. The number of pyridine rings is 1. The second kappa shape index (κ2) is 7.00. The molecule has 0 atom stereocenters. The van der Waals surface area contributed by atoms with E-state index in [4.69, 9.17) is 0 Å². The van der Waals surface area contributed by atoms with E-state index in [1.807, 2.05) is 6.92 Å². The Hall–Kier alpha value is -1.46. The van der Waals surface area contributed by atoms with Crippen LogP contribution < -0.4 is 10.6 Å². The molecule has 0 bridgehead atoms. The Bertz CT molecular complexity index is 454. The highest BCUT2D eigenvalue weighted by Gasteiger charge is 2.32. The summed E-state index contributed by atoms with van der Waals surface area (Å²) in [5, 5.41) is 6.09. The van der Waals surface area contributed by atoms with Crippen molar-refractivity contribution in [3.63, 3.8) is 0 Å². The van der Waals surface area contributed by atoms with Gasteiger partial charge in [-0.25, -0.2) is 4.98 Å². The molecule has 3 nitrogen and oxygen atoms in total. The van der Waals surface area contributed by atoms with Gasteiger partial charge in [-0.3, -0.25) is 0 Å². The molecule has 118 valence electrons. The van der Waals surface area contributed by atoms with Gasteiger partial charge in [-0.1, -0.05) is 26.2 Å². The minimum Gasteiger partial charge on any atom is -0.370 e. The molecule has 1 aromatic heterocycles. The van der Waals surface area contributed by atoms with Crippen LogP contribution in [0, 0.1) is 0 Å². The number of aromatic nitrogens is 1. The summed E-state index contributed by atoms with van der Waals surface area (Å²) >= 11 is 0. The first-order valence-corrected chi connectivity index (χ1v) is 7.58. The Labute approximate surface area is 123 Å². The fraction of sp³-hybridized carbons (Fsp3) is 0.667. The van der Waals surface area contributed by atoms with E-state index in [0.29, 0.717) is 12.4 Å². The zero-order chi connectivity index (χ0) is 15.3. The van der Waals surface area contributed by atoms with Crippen molar-refractivity contribution in [3.8, 4) is 0 Å². The largest absolute Gasteiger partial charge is 0.416 e. The van der Waals surface area contributed by atoms with E-state index in [1.165, 1.54) is 6.42 Å². The van der Waals surface area contributed by atoms with Crippen LogP contribution in [-0.2, 0) is 6.18 Å². The zero-order valence-corrected chi connectivity index (χ0v) is 12.3. The molecule has 21 heavy (non-hydrogen) atoms. The predicted molar refractivity (Wildman–Crippen MR) is 78.5 cm³/mol. The zero-order valence-electron chi connectivity index (χ0n) is 12.3. The van der Waals surface area contributed by atoms with Crippen LogP contribution in [-0.4, -0.2) is 17.6 Å². The minimum absolute atomic E-state index is 0.230. The maximum atomic E-state index is 13.0. The van der Waals surface area contributed by atoms with Crippen LogP contribution in [0.2, 0.25) is 0 Å². The van der Waals surface area contributed by atoms with Crippen molar-refractivity contribution in [1.82, 2.24) is 4.98 Å². The monoisotopic (exact) mass is 301 g/mol.